The minimum absolute atomic E-state index is 0.0416. The van der Waals surface area contributed by atoms with Crippen LogP contribution in [0.2, 0.25) is 0 Å². The molecule has 1 aromatic carbocycles. The molecule has 0 radical (unpaired) electrons. The number of phenolic OH excluding ortho intramolecular Hbond substituents is 1. The van der Waals surface area contributed by atoms with Crippen molar-refractivity contribution in [2.75, 3.05) is 7.11 Å². The normalized spacial score (nSPS) is 10.5. The van der Waals surface area contributed by atoms with Gasteiger partial charge in [0.15, 0.2) is 11.5 Å². The molecular formula is C10H10BrN3O3. The zero-order valence-corrected chi connectivity index (χ0v) is 10.6. The molecule has 2 rings (SSSR count). The van der Waals surface area contributed by atoms with Gasteiger partial charge in [0.25, 0.3) is 0 Å². The molecule has 3 N–H and O–H groups in total. The fraction of sp³-hybridized carbons (Fsp3) is 0.200. The van der Waals surface area contributed by atoms with Crippen LogP contribution in [0, 0.1) is 0 Å². The summed E-state index contributed by atoms with van der Waals surface area (Å²) in [4.78, 5) is 4.04. The van der Waals surface area contributed by atoms with Crippen LogP contribution in [0.1, 0.15) is 5.89 Å². The number of nitrogens with two attached hydrogens (primary N) is 1. The van der Waals surface area contributed by atoms with Crippen LogP contribution < -0.4 is 10.5 Å². The highest BCUT2D eigenvalue weighted by Crippen LogP contribution is 2.38. The topological polar surface area (TPSA) is 94.4 Å². The molecule has 0 atom stereocenters. The highest BCUT2D eigenvalue weighted by Gasteiger charge is 2.16. The first-order valence-electron chi connectivity index (χ1n) is 4.75. The maximum Gasteiger partial charge on any atom is 0.240 e. The summed E-state index contributed by atoms with van der Waals surface area (Å²) in [7, 11) is 1.47. The second kappa shape index (κ2) is 4.72. The number of ether oxygens (including phenoxy) is 1. The van der Waals surface area contributed by atoms with E-state index >= 15 is 0 Å². The molecule has 0 aliphatic rings. The van der Waals surface area contributed by atoms with E-state index in [1.54, 1.807) is 12.1 Å². The van der Waals surface area contributed by atoms with Crippen LogP contribution >= 0.6 is 15.9 Å². The second-order valence-corrected chi connectivity index (χ2v) is 4.14. The molecule has 17 heavy (non-hydrogen) atoms. The molecule has 6 nitrogen and oxygen atoms in total. The van der Waals surface area contributed by atoms with Gasteiger partial charge in [-0.3, -0.25) is 0 Å². The predicted octanol–water partition coefficient (Wildman–Crippen LogP) is 1.67. The summed E-state index contributed by atoms with van der Waals surface area (Å²) < 4.78 is 10.7. The quantitative estimate of drug-likeness (QED) is 0.895. The van der Waals surface area contributed by atoms with Gasteiger partial charge >= 0.3 is 0 Å². The lowest BCUT2D eigenvalue weighted by molar-refractivity contribution is 0.372. The standard InChI is InChI=1S/C10H10BrN3O3/c1-16-7-3-5(11)2-6(9(7)15)10-13-8(4-12)17-14-10/h2-3,15H,4,12H2,1H3. The van der Waals surface area contributed by atoms with Crippen molar-refractivity contribution in [3.05, 3.63) is 22.5 Å². The number of hydrogen-bond donors (Lipinski definition) is 2. The Morgan fingerprint density at radius 3 is 2.88 bits per heavy atom. The average Bonchev–Trinajstić information content (AvgIpc) is 2.80. The summed E-state index contributed by atoms with van der Waals surface area (Å²) >= 11 is 3.31. The Bertz CT molecular complexity index is 542. The summed E-state index contributed by atoms with van der Waals surface area (Å²) in [6.45, 7) is 0.152. The minimum Gasteiger partial charge on any atom is -0.504 e. The maximum atomic E-state index is 9.95. The molecule has 0 fully saturated rings. The highest BCUT2D eigenvalue weighted by atomic mass is 79.9. The summed E-state index contributed by atoms with van der Waals surface area (Å²) in [5.74, 6) is 0.856. The Labute approximate surface area is 106 Å². The van der Waals surface area contributed by atoms with Crippen LogP contribution in [0.3, 0.4) is 0 Å². The van der Waals surface area contributed by atoms with Crippen LogP contribution in [0.4, 0.5) is 0 Å². The smallest absolute Gasteiger partial charge is 0.240 e. The van der Waals surface area contributed by atoms with Gasteiger partial charge in [-0.2, -0.15) is 4.98 Å². The summed E-state index contributed by atoms with van der Waals surface area (Å²) in [6.07, 6.45) is 0. The van der Waals surface area contributed by atoms with E-state index in [-0.39, 0.29) is 18.1 Å². The van der Waals surface area contributed by atoms with Gasteiger partial charge in [0.1, 0.15) is 0 Å². The zero-order chi connectivity index (χ0) is 12.4. The first kappa shape index (κ1) is 11.9. The number of benzene rings is 1. The summed E-state index contributed by atoms with van der Waals surface area (Å²) in [6, 6.07) is 3.31. The van der Waals surface area contributed by atoms with Gasteiger partial charge in [-0.25, -0.2) is 0 Å². The van der Waals surface area contributed by atoms with Crippen LogP contribution in [0.25, 0.3) is 11.4 Å². The molecule has 7 heteroatoms. The molecule has 0 amide bonds. The number of halogens is 1. The number of methoxy groups -OCH3 is 1. The lowest BCUT2D eigenvalue weighted by Crippen LogP contribution is -1.95. The van der Waals surface area contributed by atoms with Crippen LogP contribution in [0.5, 0.6) is 11.5 Å². The Balaban J connectivity index is 2.54. The van der Waals surface area contributed by atoms with Crippen LogP contribution in [-0.2, 0) is 6.54 Å². The number of aromatic nitrogens is 2. The molecule has 0 saturated carbocycles. The number of aromatic hydroxyl groups is 1. The third-order valence-electron chi connectivity index (χ3n) is 2.14. The first-order valence-corrected chi connectivity index (χ1v) is 5.54. The molecule has 0 spiro atoms. The molecule has 2 aromatic rings. The summed E-state index contributed by atoms with van der Waals surface area (Å²) in [5.41, 5.74) is 5.79. The van der Waals surface area contributed by atoms with E-state index in [0.29, 0.717) is 17.2 Å². The highest BCUT2D eigenvalue weighted by molar-refractivity contribution is 9.10. The van der Waals surface area contributed by atoms with E-state index in [9.17, 15) is 5.11 Å². The van der Waals surface area contributed by atoms with E-state index in [4.69, 9.17) is 15.0 Å². The van der Waals surface area contributed by atoms with Gasteiger partial charge in [0, 0.05) is 4.47 Å². The average molecular weight is 300 g/mol. The van der Waals surface area contributed by atoms with Crippen LogP contribution in [0.15, 0.2) is 21.1 Å². The molecule has 0 bridgehead atoms. The third kappa shape index (κ3) is 2.25. The van der Waals surface area contributed by atoms with Crippen molar-refractivity contribution in [3.63, 3.8) is 0 Å². The Morgan fingerprint density at radius 1 is 1.53 bits per heavy atom. The van der Waals surface area contributed by atoms with Gasteiger partial charge in [-0.1, -0.05) is 21.1 Å². The van der Waals surface area contributed by atoms with Gasteiger partial charge in [0.2, 0.25) is 11.7 Å². The fourth-order valence-electron chi connectivity index (χ4n) is 1.35. The number of nitrogens with zero attached hydrogens (tertiary/aromatic N) is 2. The maximum absolute atomic E-state index is 9.95. The van der Waals surface area contributed by atoms with Gasteiger partial charge in [0.05, 0.1) is 19.2 Å². The molecule has 0 aliphatic carbocycles. The van der Waals surface area contributed by atoms with Crippen molar-refractivity contribution in [1.29, 1.82) is 0 Å². The largest absolute Gasteiger partial charge is 0.504 e. The molecular weight excluding hydrogens is 290 g/mol. The van der Waals surface area contributed by atoms with Crippen molar-refractivity contribution in [2.24, 2.45) is 5.73 Å². The first-order chi connectivity index (χ1) is 8.15. The van der Waals surface area contributed by atoms with Crippen LogP contribution in [-0.4, -0.2) is 22.4 Å². The lowest BCUT2D eigenvalue weighted by atomic mass is 10.2. The fourth-order valence-corrected chi connectivity index (χ4v) is 1.78. The van der Waals surface area contributed by atoms with Gasteiger partial charge in [-0.15, -0.1) is 0 Å². The monoisotopic (exact) mass is 299 g/mol. The Morgan fingerprint density at radius 2 is 2.29 bits per heavy atom. The molecule has 0 unspecified atom stereocenters. The number of rotatable bonds is 3. The Hall–Kier alpha value is -1.60. The second-order valence-electron chi connectivity index (χ2n) is 3.22. The van der Waals surface area contributed by atoms with E-state index in [0.717, 1.165) is 4.47 Å². The predicted molar refractivity (Wildman–Crippen MR) is 63.5 cm³/mol. The van der Waals surface area contributed by atoms with Gasteiger partial charge in [-0.05, 0) is 12.1 Å². The molecule has 1 aromatic heterocycles. The van der Waals surface area contributed by atoms with Crippen molar-refractivity contribution in [1.82, 2.24) is 10.1 Å². The number of phenols is 1. The van der Waals surface area contributed by atoms with E-state index in [2.05, 4.69) is 26.1 Å². The molecule has 90 valence electrons. The van der Waals surface area contributed by atoms with E-state index < -0.39 is 0 Å². The van der Waals surface area contributed by atoms with Crippen molar-refractivity contribution < 1.29 is 14.4 Å². The number of hydrogen-bond acceptors (Lipinski definition) is 6. The van der Waals surface area contributed by atoms with E-state index in [1.165, 1.54) is 7.11 Å². The third-order valence-corrected chi connectivity index (χ3v) is 2.60. The molecule has 0 aliphatic heterocycles. The minimum atomic E-state index is -0.0416. The van der Waals surface area contributed by atoms with Crippen molar-refractivity contribution in [2.45, 2.75) is 6.54 Å². The zero-order valence-electron chi connectivity index (χ0n) is 8.98. The molecule has 1 heterocycles. The molecule has 0 saturated heterocycles. The summed E-state index contributed by atoms with van der Waals surface area (Å²) in [5, 5.41) is 13.7. The SMILES string of the molecule is COc1cc(Br)cc(-c2noc(CN)n2)c1O. The van der Waals surface area contributed by atoms with E-state index in [1.807, 2.05) is 0 Å². The van der Waals surface area contributed by atoms with Crippen molar-refractivity contribution >= 4 is 15.9 Å². The van der Waals surface area contributed by atoms with Gasteiger partial charge < -0.3 is 20.1 Å². The lowest BCUT2D eigenvalue weighted by Gasteiger charge is -2.06. The Kier molecular flexibility index (Phi) is 3.30. The van der Waals surface area contributed by atoms with Crippen molar-refractivity contribution in [3.8, 4) is 22.9 Å².